The predicted octanol–water partition coefficient (Wildman–Crippen LogP) is 2.87. The first kappa shape index (κ1) is 23.1. The summed E-state index contributed by atoms with van der Waals surface area (Å²) in [5.74, 6) is -0.106. The highest BCUT2D eigenvalue weighted by Crippen LogP contribution is 2.37. The molecule has 3 rings (SSSR count). The van der Waals surface area contributed by atoms with Gasteiger partial charge >= 0.3 is 12.1 Å². The molecule has 2 amide bonds. The van der Waals surface area contributed by atoms with E-state index in [9.17, 15) is 19.6 Å². The zero-order valence-electron chi connectivity index (χ0n) is 17.8. The molecule has 0 radical (unpaired) electrons. The molecule has 2 aromatic rings. The van der Waals surface area contributed by atoms with E-state index in [0.717, 1.165) is 21.8 Å². The van der Waals surface area contributed by atoms with Crippen LogP contribution in [0.5, 0.6) is 5.75 Å². The molecule has 0 atom stereocenters. The number of amides is 2. The second-order valence-electron chi connectivity index (χ2n) is 7.02. The van der Waals surface area contributed by atoms with Crippen molar-refractivity contribution in [3.63, 3.8) is 0 Å². The molecule has 1 aromatic carbocycles. The monoisotopic (exact) mass is 457 g/mol. The first-order valence-corrected chi connectivity index (χ1v) is 10.7. The van der Waals surface area contributed by atoms with Gasteiger partial charge in [-0.2, -0.15) is 5.26 Å². The first-order valence-electron chi connectivity index (χ1n) is 9.91. The van der Waals surface area contributed by atoms with Crippen LogP contribution < -0.4 is 10.1 Å². The third kappa shape index (κ3) is 5.56. The van der Waals surface area contributed by atoms with E-state index >= 15 is 0 Å². The highest BCUT2D eigenvalue weighted by molar-refractivity contribution is 7.16. The Bertz CT molecular complexity index is 1060. The molecule has 0 spiro atoms. The molecule has 2 heterocycles. The third-order valence-electron chi connectivity index (χ3n) is 5.00. The van der Waals surface area contributed by atoms with Crippen LogP contribution in [-0.2, 0) is 38.4 Å². The first-order chi connectivity index (χ1) is 15.4. The summed E-state index contributed by atoms with van der Waals surface area (Å²) in [4.78, 5) is 38.1. The summed E-state index contributed by atoms with van der Waals surface area (Å²) < 4.78 is 14.6. The van der Waals surface area contributed by atoms with Crippen molar-refractivity contribution in [2.75, 3.05) is 32.7 Å². The van der Waals surface area contributed by atoms with E-state index in [0.29, 0.717) is 30.0 Å². The van der Waals surface area contributed by atoms with Crippen molar-refractivity contribution in [3.05, 3.63) is 45.8 Å². The average Bonchev–Trinajstić information content (AvgIpc) is 3.16. The number of hydrogen-bond acceptors (Lipinski definition) is 8. The number of esters is 1. The molecule has 0 unspecified atom stereocenters. The molecule has 0 saturated carbocycles. The standard InChI is InChI=1S/C22H23N3O6S/c1-29-15-5-3-4-14(10-15)6-7-19(26)24-21-17(11-23)16-8-9-25(12-18(16)32-21)22(28)31-13-20(27)30-2/h3-5,10H,6-9,12-13H2,1-2H3,(H,24,26). The van der Waals surface area contributed by atoms with Crippen LogP contribution in [-0.4, -0.2) is 50.2 Å². The maximum Gasteiger partial charge on any atom is 0.410 e. The summed E-state index contributed by atoms with van der Waals surface area (Å²) in [5, 5.41) is 12.9. The van der Waals surface area contributed by atoms with Gasteiger partial charge < -0.3 is 24.4 Å². The van der Waals surface area contributed by atoms with Gasteiger partial charge in [-0.3, -0.25) is 4.79 Å². The fourth-order valence-corrected chi connectivity index (χ4v) is 4.54. The van der Waals surface area contributed by atoms with Crippen LogP contribution in [0.1, 0.15) is 28.0 Å². The number of carbonyl (C=O) groups is 3. The van der Waals surface area contributed by atoms with Crippen molar-refractivity contribution in [1.29, 1.82) is 5.26 Å². The SMILES string of the molecule is COC(=O)COC(=O)N1CCc2c(sc(NC(=O)CCc3cccc(OC)c3)c2C#N)C1. The minimum atomic E-state index is -0.641. The van der Waals surface area contributed by atoms with Gasteiger partial charge in [0.2, 0.25) is 5.91 Å². The summed E-state index contributed by atoms with van der Waals surface area (Å²) in [5.41, 5.74) is 2.24. The number of hydrogen-bond donors (Lipinski definition) is 1. The second kappa shape index (κ2) is 10.6. The lowest BCUT2D eigenvalue weighted by Crippen LogP contribution is -2.36. The molecule has 168 valence electrons. The van der Waals surface area contributed by atoms with Gasteiger partial charge in [0.25, 0.3) is 0 Å². The van der Waals surface area contributed by atoms with Gasteiger partial charge in [-0.15, -0.1) is 11.3 Å². The van der Waals surface area contributed by atoms with Gasteiger partial charge in [-0.25, -0.2) is 9.59 Å². The van der Waals surface area contributed by atoms with Crippen molar-refractivity contribution in [1.82, 2.24) is 4.90 Å². The van der Waals surface area contributed by atoms with Gasteiger partial charge in [-0.05, 0) is 36.1 Å². The highest BCUT2D eigenvalue weighted by atomic mass is 32.1. The van der Waals surface area contributed by atoms with Crippen LogP contribution in [0.2, 0.25) is 0 Å². The number of nitrogens with zero attached hydrogens (tertiary/aromatic N) is 2. The van der Waals surface area contributed by atoms with Gasteiger partial charge in [0.1, 0.15) is 16.8 Å². The van der Waals surface area contributed by atoms with Crippen molar-refractivity contribution in [2.24, 2.45) is 0 Å². The normalized spacial score (nSPS) is 12.3. The highest BCUT2D eigenvalue weighted by Gasteiger charge is 2.28. The number of benzene rings is 1. The van der Waals surface area contributed by atoms with E-state index < -0.39 is 18.7 Å². The number of carbonyl (C=O) groups excluding carboxylic acids is 3. The lowest BCUT2D eigenvalue weighted by molar-refractivity contribution is -0.144. The van der Waals surface area contributed by atoms with Crippen molar-refractivity contribution in [2.45, 2.75) is 25.8 Å². The molecule has 0 saturated heterocycles. The van der Waals surface area contributed by atoms with Gasteiger partial charge in [0.15, 0.2) is 6.61 Å². The summed E-state index contributed by atoms with van der Waals surface area (Å²) in [6.45, 7) is 0.136. The number of ether oxygens (including phenoxy) is 3. The van der Waals surface area contributed by atoms with Crippen molar-refractivity contribution < 1.29 is 28.6 Å². The molecule has 1 aliphatic rings. The fourth-order valence-electron chi connectivity index (χ4n) is 3.31. The molecular weight excluding hydrogens is 434 g/mol. The Labute approximate surface area is 189 Å². The smallest absolute Gasteiger partial charge is 0.410 e. The predicted molar refractivity (Wildman–Crippen MR) is 116 cm³/mol. The molecule has 1 aromatic heterocycles. The molecule has 10 heteroatoms. The summed E-state index contributed by atoms with van der Waals surface area (Å²) in [6, 6.07) is 9.69. The summed E-state index contributed by atoms with van der Waals surface area (Å²) >= 11 is 1.28. The van der Waals surface area contributed by atoms with Crippen LogP contribution >= 0.6 is 11.3 Å². The number of anilines is 1. The van der Waals surface area contributed by atoms with Gasteiger partial charge in [0.05, 0.1) is 26.3 Å². The Morgan fingerprint density at radius 2 is 2.09 bits per heavy atom. The zero-order chi connectivity index (χ0) is 23.1. The van der Waals surface area contributed by atoms with E-state index in [1.165, 1.54) is 23.3 Å². The quantitative estimate of drug-likeness (QED) is 0.635. The zero-order valence-corrected chi connectivity index (χ0v) is 18.6. The van der Waals surface area contributed by atoms with Crippen LogP contribution in [0.4, 0.5) is 9.80 Å². The Hall–Kier alpha value is -3.58. The fraction of sp³-hybridized carbons (Fsp3) is 0.364. The number of thiophene rings is 1. The van der Waals surface area contributed by atoms with Crippen molar-refractivity contribution in [3.8, 4) is 11.8 Å². The maximum absolute atomic E-state index is 12.5. The van der Waals surface area contributed by atoms with Gasteiger partial charge in [-0.1, -0.05) is 12.1 Å². The maximum atomic E-state index is 12.5. The van der Waals surface area contributed by atoms with E-state index in [-0.39, 0.29) is 18.9 Å². The third-order valence-corrected chi connectivity index (χ3v) is 6.13. The lowest BCUT2D eigenvalue weighted by atomic mass is 10.0. The molecule has 1 aliphatic heterocycles. The minimum absolute atomic E-state index is 0.197. The summed E-state index contributed by atoms with van der Waals surface area (Å²) in [6.07, 6.45) is 0.626. The number of methoxy groups -OCH3 is 2. The molecule has 1 N–H and O–H groups in total. The van der Waals surface area contributed by atoms with Crippen LogP contribution in [0.15, 0.2) is 24.3 Å². The van der Waals surface area contributed by atoms with E-state index in [1.54, 1.807) is 7.11 Å². The van der Waals surface area contributed by atoms with Crippen LogP contribution in [0, 0.1) is 11.3 Å². The Kier molecular flexibility index (Phi) is 7.68. The molecule has 0 fully saturated rings. The van der Waals surface area contributed by atoms with E-state index in [2.05, 4.69) is 16.1 Å². The lowest BCUT2D eigenvalue weighted by Gasteiger charge is -2.25. The minimum Gasteiger partial charge on any atom is -0.497 e. The number of rotatable bonds is 7. The largest absolute Gasteiger partial charge is 0.497 e. The van der Waals surface area contributed by atoms with Crippen molar-refractivity contribution >= 4 is 34.3 Å². The topological polar surface area (TPSA) is 118 Å². The second-order valence-corrected chi connectivity index (χ2v) is 8.13. The molecule has 32 heavy (non-hydrogen) atoms. The number of fused-ring (bicyclic) bond motifs is 1. The van der Waals surface area contributed by atoms with Crippen LogP contribution in [0.25, 0.3) is 0 Å². The molecule has 0 bridgehead atoms. The molecular formula is C22H23N3O6S. The van der Waals surface area contributed by atoms with E-state index in [4.69, 9.17) is 9.47 Å². The van der Waals surface area contributed by atoms with E-state index in [1.807, 2.05) is 24.3 Å². The van der Waals surface area contributed by atoms with Crippen LogP contribution in [0.3, 0.4) is 0 Å². The Balaban J connectivity index is 1.62. The van der Waals surface area contributed by atoms with Gasteiger partial charge in [0, 0.05) is 17.8 Å². The molecule has 9 nitrogen and oxygen atoms in total. The molecule has 0 aliphatic carbocycles. The average molecular weight is 458 g/mol. The summed E-state index contributed by atoms with van der Waals surface area (Å²) in [7, 11) is 2.80. The Morgan fingerprint density at radius 1 is 1.28 bits per heavy atom. The number of nitrogens with one attached hydrogen (secondary N) is 1. The number of aryl methyl sites for hydroxylation is 1. The number of nitriles is 1. The Morgan fingerprint density at radius 3 is 2.81 bits per heavy atom.